The summed E-state index contributed by atoms with van der Waals surface area (Å²) in [7, 11) is 0. The minimum Gasteiger partial charge on any atom is -0.457 e. The van der Waals surface area contributed by atoms with E-state index in [2.05, 4.69) is 15.0 Å². The van der Waals surface area contributed by atoms with Crippen molar-refractivity contribution < 1.29 is 9.53 Å². The van der Waals surface area contributed by atoms with Crippen LogP contribution in [0.3, 0.4) is 0 Å². The molecule has 1 heterocycles. The summed E-state index contributed by atoms with van der Waals surface area (Å²) in [5.41, 5.74) is 13.1. The van der Waals surface area contributed by atoms with Crippen LogP contribution >= 0.6 is 0 Å². The van der Waals surface area contributed by atoms with E-state index in [4.69, 9.17) is 16.2 Å². The fourth-order valence-electron chi connectivity index (χ4n) is 2.69. The molecule has 3 rings (SSSR count). The average Bonchev–Trinajstić information content (AvgIpc) is 2.65. The number of anilines is 2. The first-order chi connectivity index (χ1) is 12.6. The molecule has 0 saturated carbocycles. The highest BCUT2D eigenvalue weighted by atomic mass is 16.5. The van der Waals surface area contributed by atoms with E-state index in [1.165, 1.54) is 0 Å². The Morgan fingerprint density at radius 1 is 0.846 bits per heavy atom. The van der Waals surface area contributed by atoms with Crippen LogP contribution in [0.1, 0.15) is 29.3 Å². The van der Waals surface area contributed by atoms with Gasteiger partial charge in [-0.2, -0.15) is 15.0 Å². The summed E-state index contributed by atoms with van der Waals surface area (Å²) in [5.74, 6) is -0.247. The first-order valence-corrected chi connectivity index (χ1v) is 8.13. The van der Waals surface area contributed by atoms with Crippen LogP contribution in [0.5, 0.6) is 0 Å². The maximum absolute atomic E-state index is 12.4. The van der Waals surface area contributed by atoms with Crippen LogP contribution in [-0.4, -0.2) is 20.9 Å². The highest BCUT2D eigenvalue weighted by Gasteiger charge is 2.19. The van der Waals surface area contributed by atoms with Crippen molar-refractivity contribution in [3.63, 3.8) is 0 Å². The molecule has 0 aliphatic carbocycles. The number of nitrogen functional groups attached to an aromatic ring is 2. The minimum atomic E-state index is -0.361. The highest BCUT2D eigenvalue weighted by molar-refractivity contribution is 5.71. The molecule has 0 amide bonds. The topological polar surface area (TPSA) is 117 Å². The van der Waals surface area contributed by atoms with Crippen LogP contribution in [0.4, 0.5) is 11.9 Å². The zero-order valence-electron chi connectivity index (χ0n) is 14.1. The molecule has 0 radical (unpaired) electrons. The van der Waals surface area contributed by atoms with Crippen LogP contribution in [0.15, 0.2) is 60.7 Å². The number of nitrogens with zero attached hydrogens (tertiary/aromatic N) is 3. The molecule has 7 heteroatoms. The van der Waals surface area contributed by atoms with E-state index < -0.39 is 0 Å². The zero-order chi connectivity index (χ0) is 18.4. The molecule has 0 unspecified atom stereocenters. The third kappa shape index (κ3) is 4.54. The second-order valence-corrected chi connectivity index (χ2v) is 5.71. The maximum atomic E-state index is 12.4. The molecular weight excluding hydrogens is 330 g/mol. The fraction of sp³-hybridized carbons (Fsp3) is 0.158. The zero-order valence-corrected chi connectivity index (χ0v) is 14.1. The molecule has 0 fully saturated rings. The van der Waals surface area contributed by atoms with Crippen LogP contribution in [0.25, 0.3) is 0 Å². The summed E-state index contributed by atoms with van der Waals surface area (Å²) in [6.07, 6.45) is 0.198. The first kappa shape index (κ1) is 17.3. The van der Waals surface area contributed by atoms with Gasteiger partial charge in [0.15, 0.2) is 12.4 Å². The summed E-state index contributed by atoms with van der Waals surface area (Å²) in [4.78, 5) is 23.9. The van der Waals surface area contributed by atoms with Crippen molar-refractivity contribution in [3.8, 4) is 0 Å². The number of esters is 1. The standard InChI is InChI=1S/C19H19N5O2/c20-18-22-16(23-19(21)24-18)12-26-17(25)11-15(13-7-3-1-4-8-13)14-9-5-2-6-10-14/h1-10,15H,11-12H2,(H4,20,21,22,23,24). The van der Waals surface area contributed by atoms with Gasteiger partial charge in [0.25, 0.3) is 0 Å². The average molecular weight is 349 g/mol. The van der Waals surface area contributed by atoms with Crippen molar-refractivity contribution in [2.24, 2.45) is 0 Å². The van der Waals surface area contributed by atoms with Gasteiger partial charge in [-0.05, 0) is 11.1 Å². The predicted molar refractivity (Wildman–Crippen MR) is 97.8 cm³/mol. The molecule has 7 nitrogen and oxygen atoms in total. The summed E-state index contributed by atoms with van der Waals surface area (Å²) < 4.78 is 5.31. The van der Waals surface area contributed by atoms with Gasteiger partial charge >= 0.3 is 5.97 Å². The van der Waals surface area contributed by atoms with E-state index in [1.54, 1.807) is 0 Å². The van der Waals surface area contributed by atoms with Gasteiger partial charge in [-0.25, -0.2) is 0 Å². The van der Waals surface area contributed by atoms with Crippen LogP contribution in [0.2, 0.25) is 0 Å². The third-order valence-corrected chi connectivity index (χ3v) is 3.85. The molecule has 0 bridgehead atoms. The first-order valence-electron chi connectivity index (χ1n) is 8.13. The lowest BCUT2D eigenvalue weighted by Gasteiger charge is -2.17. The summed E-state index contributed by atoms with van der Waals surface area (Å²) in [6.45, 7) is -0.105. The van der Waals surface area contributed by atoms with Crippen molar-refractivity contribution in [3.05, 3.63) is 77.6 Å². The molecule has 3 aromatic rings. The van der Waals surface area contributed by atoms with E-state index in [-0.39, 0.29) is 42.6 Å². The largest absolute Gasteiger partial charge is 0.457 e. The molecule has 26 heavy (non-hydrogen) atoms. The van der Waals surface area contributed by atoms with E-state index in [0.29, 0.717) is 0 Å². The molecule has 132 valence electrons. The summed E-state index contributed by atoms with van der Waals surface area (Å²) in [5, 5.41) is 0. The van der Waals surface area contributed by atoms with Crippen molar-refractivity contribution in [2.75, 3.05) is 11.5 Å². The fourth-order valence-corrected chi connectivity index (χ4v) is 2.69. The van der Waals surface area contributed by atoms with Crippen LogP contribution < -0.4 is 11.5 Å². The Balaban J connectivity index is 1.71. The Kier molecular flexibility index (Phi) is 5.38. The summed E-state index contributed by atoms with van der Waals surface area (Å²) >= 11 is 0. The number of hydrogen-bond donors (Lipinski definition) is 2. The minimum absolute atomic E-state index is 0.00463. The molecule has 2 aromatic carbocycles. The van der Waals surface area contributed by atoms with Gasteiger partial charge in [0.1, 0.15) is 0 Å². The van der Waals surface area contributed by atoms with E-state index in [0.717, 1.165) is 11.1 Å². The molecular formula is C19H19N5O2. The molecule has 0 spiro atoms. The Bertz CT molecular complexity index is 812. The van der Waals surface area contributed by atoms with E-state index >= 15 is 0 Å². The lowest BCUT2D eigenvalue weighted by Crippen LogP contribution is -2.14. The Morgan fingerprint density at radius 3 is 1.85 bits per heavy atom. The third-order valence-electron chi connectivity index (χ3n) is 3.85. The van der Waals surface area contributed by atoms with E-state index in [9.17, 15) is 4.79 Å². The molecule has 0 aliphatic heterocycles. The molecule has 0 aliphatic rings. The molecule has 0 atom stereocenters. The van der Waals surface area contributed by atoms with Crippen molar-refractivity contribution >= 4 is 17.9 Å². The summed E-state index contributed by atoms with van der Waals surface area (Å²) in [6, 6.07) is 19.7. The number of carbonyl (C=O) groups excluding carboxylic acids is 1. The number of nitrogens with two attached hydrogens (primary N) is 2. The number of rotatable bonds is 6. The van der Waals surface area contributed by atoms with Crippen LogP contribution in [0, 0.1) is 0 Å². The lowest BCUT2D eigenvalue weighted by molar-refractivity contribution is -0.145. The van der Waals surface area contributed by atoms with Gasteiger partial charge in [0, 0.05) is 5.92 Å². The Morgan fingerprint density at radius 2 is 1.35 bits per heavy atom. The predicted octanol–water partition coefficient (Wildman–Crippen LogP) is 2.30. The molecule has 4 N–H and O–H groups in total. The quantitative estimate of drug-likeness (QED) is 0.656. The van der Waals surface area contributed by atoms with E-state index in [1.807, 2.05) is 60.7 Å². The van der Waals surface area contributed by atoms with Gasteiger partial charge in [-0.1, -0.05) is 60.7 Å². The number of benzene rings is 2. The smallest absolute Gasteiger partial charge is 0.307 e. The number of carbonyl (C=O) groups is 1. The van der Waals surface area contributed by atoms with Gasteiger partial charge in [0.2, 0.25) is 11.9 Å². The maximum Gasteiger partial charge on any atom is 0.307 e. The normalized spacial score (nSPS) is 10.7. The highest BCUT2D eigenvalue weighted by Crippen LogP contribution is 2.28. The van der Waals surface area contributed by atoms with Gasteiger partial charge in [0.05, 0.1) is 6.42 Å². The number of ether oxygens (including phenoxy) is 1. The van der Waals surface area contributed by atoms with Gasteiger partial charge in [-0.15, -0.1) is 0 Å². The van der Waals surface area contributed by atoms with Crippen molar-refractivity contribution in [2.45, 2.75) is 18.9 Å². The monoisotopic (exact) mass is 349 g/mol. The van der Waals surface area contributed by atoms with Crippen molar-refractivity contribution in [1.29, 1.82) is 0 Å². The van der Waals surface area contributed by atoms with Crippen LogP contribution in [-0.2, 0) is 16.1 Å². The SMILES string of the molecule is Nc1nc(N)nc(COC(=O)CC(c2ccccc2)c2ccccc2)n1. The second kappa shape index (κ2) is 8.06. The Hall–Kier alpha value is -3.48. The molecule has 1 aromatic heterocycles. The van der Waals surface area contributed by atoms with Gasteiger partial charge in [-0.3, -0.25) is 4.79 Å². The second-order valence-electron chi connectivity index (χ2n) is 5.71. The van der Waals surface area contributed by atoms with Gasteiger partial charge < -0.3 is 16.2 Å². The number of aromatic nitrogens is 3. The van der Waals surface area contributed by atoms with Crippen molar-refractivity contribution in [1.82, 2.24) is 15.0 Å². The lowest BCUT2D eigenvalue weighted by atomic mass is 9.89. The number of hydrogen-bond acceptors (Lipinski definition) is 7. The molecule has 0 saturated heterocycles. The Labute approximate surface area is 151 Å².